The molecule has 0 aliphatic rings. The Morgan fingerprint density at radius 3 is 1.97 bits per heavy atom. The molecule has 3 rings (SSSR count). The number of amidine groups is 1. The Hall–Kier alpha value is -2.63. The van der Waals surface area contributed by atoms with Crippen LogP contribution in [0.5, 0.6) is 5.75 Å². The minimum Gasteiger partial charge on any atom is -0.494 e. The van der Waals surface area contributed by atoms with E-state index in [0.717, 1.165) is 41.5 Å². The molecule has 0 bridgehead atoms. The molecule has 33 heavy (non-hydrogen) atoms. The van der Waals surface area contributed by atoms with Crippen molar-refractivity contribution in [2.45, 2.75) is 46.2 Å². The Morgan fingerprint density at radius 2 is 1.39 bits per heavy atom. The van der Waals surface area contributed by atoms with E-state index in [4.69, 9.17) is 9.73 Å². The summed E-state index contributed by atoms with van der Waals surface area (Å²) in [7, 11) is 0. The molecule has 5 heteroatoms. The predicted octanol–water partition coefficient (Wildman–Crippen LogP) is 7.34. The summed E-state index contributed by atoms with van der Waals surface area (Å²) in [6.07, 6.45) is 1.01. The number of aliphatic imine (C=N–C) groups is 1. The average Bonchev–Trinajstić information content (AvgIpc) is 2.80. The zero-order valence-corrected chi connectivity index (χ0v) is 21.8. The van der Waals surface area contributed by atoms with Gasteiger partial charge in [0.2, 0.25) is 0 Å². The number of hydrogen-bond donors (Lipinski definition) is 1. The van der Waals surface area contributed by atoms with Gasteiger partial charge in [-0.15, -0.1) is 17.0 Å². The minimum absolute atomic E-state index is 0. The Morgan fingerprint density at radius 1 is 0.818 bits per heavy atom. The van der Waals surface area contributed by atoms with Gasteiger partial charge < -0.3 is 10.1 Å². The molecule has 0 saturated carbocycles. The van der Waals surface area contributed by atoms with Crippen LogP contribution in [0.25, 0.3) is 0 Å². The maximum atomic E-state index is 5.97. The van der Waals surface area contributed by atoms with Crippen molar-refractivity contribution in [3.63, 3.8) is 0 Å². The van der Waals surface area contributed by atoms with Crippen LogP contribution < -0.4 is 10.1 Å². The Kier molecular flexibility index (Phi) is 11.1. The van der Waals surface area contributed by atoms with Gasteiger partial charge in [-0.1, -0.05) is 48.5 Å². The lowest BCUT2D eigenvalue weighted by molar-refractivity contribution is 0.160. The van der Waals surface area contributed by atoms with Crippen molar-refractivity contribution in [2.24, 2.45) is 4.99 Å². The molecule has 0 fully saturated rings. The van der Waals surface area contributed by atoms with E-state index in [1.165, 1.54) is 0 Å². The number of nitrogens with zero attached hydrogens (tertiary/aromatic N) is 2. The third-order valence-corrected chi connectivity index (χ3v) is 5.32. The molecular formula is C28H36BrN3O. The lowest BCUT2D eigenvalue weighted by Crippen LogP contribution is -2.38. The fourth-order valence-corrected chi connectivity index (χ4v) is 3.71. The number of para-hydroxylation sites is 1. The van der Waals surface area contributed by atoms with Crippen molar-refractivity contribution < 1.29 is 4.74 Å². The first-order valence-corrected chi connectivity index (χ1v) is 11.5. The number of rotatable bonds is 10. The molecule has 0 heterocycles. The van der Waals surface area contributed by atoms with E-state index in [-0.39, 0.29) is 17.0 Å². The molecule has 0 aromatic heterocycles. The lowest BCUT2D eigenvalue weighted by Gasteiger charge is -2.30. The fraction of sp³-hybridized carbons (Fsp3) is 0.321. The van der Waals surface area contributed by atoms with Crippen LogP contribution in [0.3, 0.4) is 0 Å². The number of anilines is 1. The van der Waals surface area contributed by atoms with Crippen molar-refractivity contribution >= 4 is 34.2 Å². The van der Waals surface area contributed by atoms with Crippen molar-refractivity contribution in [1.29, 1.82) is 0 Å². The molecule has 0 radical (unpaired) electrons. The van der Waals surface area contributed by atoms with Crippen LogP contribution in [0.4, 0.5) is 11.4 Å². The van der Waals surface area contributed by atoms with Crippen molar-refractivity contribution in [3.05, 3.63) is 90.5 Å². The normalized spacial score (nSPS) is 11.5. The zero-order chi connectivity index (χ0) is 22.8. The van der Waals surface area contributed by atoms with E-state index >= 15 is 0 Å². The van der Waals surface area contributed by atoms with E-state index in [2.05, 4.69) is 50.0 Å². The maximum Gasteiger partial charge on any atom is 0.138 e. The van der Waals surface area contributed by atoms with Crippen LogP contribution in [0.2, 0.25) is 0 Å². The third-order valence-electron chi connectivity index (χ3n) is 5.32. The highest BCUT2D eigenvalue weighted by molar-refractivity contribution is 8.93. The highest BCUT2D eigenvalue weighted by Crippen LogP contribution is 2.20. The number of benzene rings is 3. The van der Waals surface area contributed by atoms with Gasteiger partial charge in [0, 0.05) is 29.9 Å². The van der Waals surface area contributed by atoms with Gasteiger partial charge >= 0.3 is 0 Å². The quantitative estimate of drug-likeness (QED) is 0.176. The summed E-state index contributed by atoms with van der Waals surface area (Å²) in [4.78, 5) is 7.36. The van der Waals surface area contributed by atoms with Gasteiger partial charge in [0.25, 0.3) is 0 Å². The van der Waals surface area contributed by atoms with Gasteiger partial charge in [0.05, 0.1) is 12.3 Å². The summed E-state index contributed by atoms with van der Waals surface area (Å²) < 4.78 is 5.97. The molecule has 0 saturated heterocycles. The summed E-state index contributed by atoms with van der Waals surface area (Å²) in [6, 6.07) is 29.4. The van der Waals surface area contributed by atoms with Crippen LogP contribution in [-0.4, -0.2) is 36.0 Å². The van der Waals surface area contributed by atoms with Gasteiger partial charge in [0.15, 0.2) is 0 Å². The number of hydrogen-bond acceptors (Lipinski definition) is 3. The van der Waals surface area contributed by atoms with Gasteiger partial charge in [0.1, 0.15) is 11.6 Å². The molecular weight excluding hydrogens is 474 g/mol. The Balaban J connectivity index is 0.00000385. The predicted molar refractivity (Wildman–Crippen MR) is 147 cm³/mol. The first-order chi connectivity index (χ1) is 15.5. The second-order valence-corrected chi connectivity index (χ2v) is 8.44. The van der Waals surface area contributed by atoms with Crippen LogP contribution in [0.1, 0.15) is 39.7 Å². The fourth-order valence-electron chi connectivity index (χ4n) is 3.71. The van der Waals surface area contributed by atoms with E-state index in [0.29, 0.717) is 18.7 Å². The minimum atomic E-state index is 0. The topological polar surface area (TPSA) is 36.9 Å². The smallest absolute Gasteiger partial charge is 0.138 e. The molecule has 0 spiro atoms. The second-order valence-electron chi connectivity index (χ2n) is 8.44. The highest BCUT2D eigenvalue weighted by Gasteiger charge is 2.12. The van der Waals surface area contributed by atoms with Crippen LogP contribution in [-0.2, 0) is 0 Å². The average molecular weight is 511 g/mol. The third kappa shape index (κ3) is 8.67. The lowest BCUT2D eigenvalue weighted by atomic mass is 10.2. The molecule has 0 aliphatic carbocycles. The summed E-state index contributed by atoms with van der Waals surface area (Å²) in [5.41, 5.74) is 2.92. The molecule has 0 atom stereocenters. The van der Waals surface area contributed by atoms with Crippen molar-refractivity contribution in [2.75, 3.05) is 18.5 Å². The number of nitrogens with one attached hydrogen (secondary N) is 1. The van der Waals surface area contributed by atoms with E-state index in [1.54, 1.807) is 0 Å². The van der Waals surface area contributed by atoms with E-state index in [1.807, 2.05) is 72.8 Å². The summed E-state index contributed by atoms with van der Waals surface area (Å²) in [5.74, 6) is 1.69. The second kappa shape index (κ2) is 13.8. The molecule has 0 amide bonds. The monoisotopic (exact) mass is 509 g/mol. The molecule has 3 aromatic carbocycles. The van der Waals surface area contributed by atoms with Crippen LogP contribution in [0, 0.1) is 0 Å². The van der Waals surface area contributed by atoms with Gasteiger partial charge in [-0.05, 0) is 70.5 Å². The molecule has 4 nitrogen and oxygen atoms in total. The van der Waals surface area contributed by atoms with Gasteiger partial charge in [-0.2, -0.15) is 0 Å². The first kappa shape index (κ1) is 26.6. The number of halogens is 1. The maximum absolute atomic E-state index is 5.97. The summed E-state index contributed by atoms with van der Waals surface area (Å²) in [6.45, 7) is 10.7. The first-order valence-electron chi connectivity index (χ1n) is 11.5. The van der Waals surface area contributed by atoms with Gasteiger partial charge in [-0.3, -0.25) is 4.90 Å². The van der Waals surface area contributed by atoms with E-state index in [9.17, 15) is 0 Å². The van der Waals surface area contributed by atoms with Crippen LogP contribution in [0.15, 0.2) is 89.9 Å². The van der Waals surface area contributed by atoms with Crippen LogP contribution >= 0.6 is 17.0 Å². The molecule has 0 unspecified atom stereocenters. The molecule has 0 aliphatic heterocycles. The standard InChI is InChI=1S/C28H35N3O.BrH/c1-22(2)31(23(3)4)20-11-21-32-27-18-16-26(17-19-27)30-28(24-12-7-5-8-13-24)29-25-14-9-6-10-15-25;/h5-10,12-19,22-23H,11,20-21H2,1-4H3,(H,29,30);1H. The summed E-state index contributed by atoms with van der Waals surface area (Å²) >= 11 is 0. The Labute approximate surface area is 209 Å². The number of ether oxygens (including phenoxy) is 1. The highest BCUT2D eigenvalue weighted by atomic mass is 79.9. The molecule has 3 aromatic rings. The van der Waals surface area contributed by atoms with E-state index < -0.39 is 0 Å². The molecule has 1 N–H and O–H groups in total. The van der Waals surface area contributed by atoms with Gasteiger partial charge in [-0.25, -0.2) is 4.99 Å². The van der Waals surface area contributed by atoms with Crippen molar-refractivity contribution in [3.8, 4) is 5.75 Å². The SMILES string of the molecule is Br.CC(C)N(CCCOc1ccc(N=C(Nc2ccccc2)c2ccccc2)cc1)C(C)C. The Bertz CT molecular complexity index is 949. The zero-order valence-electron chi connectivity index (χ0n) is 20.1. The van der Waals surface area contributed by atoms with Crippen molar-refractivity contribution in [1.82, 2.24) is 4.90 Å². The summed E-state index contributed by atoms with van der Waals surface area (Å²) in [5, 5.41) is 3.44. The largest absolute Gasteiger partial charge is 0.494 e. The molecule has 176 valence electrons.